The quantitative estimate of drug-likeness (QED) is 0.846. The van der Waals surface area contributed by atoms with Gasteiger partial charge in [0.1, 0.15) is 0 Å². The van der Waals surface area contributed by atoms with Crippen LogP contribution in [0.4, 0.5) is 0 Å². The summed E-state index contributed by atoms with van der Waals surface area (Å²) in [6, 6.07) is 8.28. The summed E-state index contributed by atoms with van der Waals surface area (Å²) in [7, 11) is 0. The average molecular weight is 278 g/mol. The van der Waals surface area contributed by atoms with Gasteiger partial charge in [-0.15, -0.1) is 5.10 Å². The Hall–Kier alpha value is -1.53. The molecule has 1 aromatic heterocycles. The Morgan fingerprint density at radius 1 is 1.32 bits per heavy atom. The molecule has 19 heavy (non-hydrogen) atoms. The third kappa shape index (κ3) is 3.48. The molecule has 0 radical (unpaired) electrons. The van der Waals surface area contributed by atoms with Crippen LogP contribution >= 0.6 is 11.8 Å². The van der Waals surface area contributed by atoms with Crippen LogP contribution in [-0.2, 0) is 13.1 Å². The van der Waals surface area contributed by atoms with E-state index in [9.17, 15) is 4.79 Å². The molecule has 0 amide bonds. The Bertz CT molecular complexity index is 573. The predicted octanol–water partition coefficient (Wildman–Crippen LogP) is 1.85. The van der Waals surface area contributed by atoms with E-state index in [0.29, 0.717) is 11.7 Å². The fourth-order valence-corrected chi connectivity index (χ4v) is 2.61. The van der Waals surface area contributed by atoms with Crippen molar-refractivity contribution in [1.29, 1.82) is 0 Å². The van der Waals surface area contributed by atoms with Gasteiger partial charge in [-0.3, -0.25) is 4.57 Å². The Balaban J connectivity index is 2.08. The fourth-order valence-electron chi connectivity index (χ4n) is 1.71. The molecule has 1 heterocycles. The molecule has 0 bridgehead atoms. The lowest BCUT2D eigenvalue weighted by molar-refractivity contribution is 0.660. The van der Waals surface area contributed by atoms with Crippen LogP contribution in [0.25, 0.3) is 0 Å². The molecule has 0 unspecified atom stereocenters. The maximum atomic E-state index is 11.5. The number of aromatic amines is 1. The molecule has 0 saturated carbocycles. The molecule has 0 aliphatic heterocycles. The highest BCUT2D eigenvalue weighted by atomic mass is 32.2. The van der Waals surface area contributed by atoms with E-state index in [1.54, 1.807) is 4.57 Å². The number of aromatic nitrogens is 3. The van der Waals surface area contributed by atoms with Crippen LogP contribution in [0.2, 0.25) is 0 Å². The van der Waals surface area contributed by atoms with Gasteiger partial charge in [0.2, 0.25) is 0 Å². The molecule has 5 nitrogen and oxygen atoms in total. The van der Waals surface area contributed by atoms with Crippen molar-refractivity contribution >= 4 is 11.8 Å². The van der Waals surface area contributed by atoms with Crippen LogP contribution in [0, 0.1) is 0 Å². The highest BCUT2D eigenvalue weighted by molar-refractivity contribution is 7.99. The Labute approximate surface area is 116 Å². The summed E-state index contributed by atoms with van der Waals surface area (Å²) in [5.74, 6) is 0. The molecule has 0 atom stereocenters. The van der Waals surface area contributed by atoms with Crippen LogP contribution in [0.3, 0.4) is 0 Å². The van der Waals surface area contributed by atoms with Crippen molar-refractivity contribution in [2.24, 2.45) is 0 Å². The van der Waals surface area contributed by atoms with Gasteiger partial charge in [0.15, 0.2) is 5.16 Å². The zero-order chi connectivity index (χ0) is 13.7. The lowest BCUT2D eigenvalue weighted by Gasteiger charge is -2.04. The van der Waals surface area contributed by atoms with Crippen molar-refractivity contribution in [2.45, 2.75) is 37.0 Å². The summed E-state index contributed by atoms with van der Waals surface area (Å²) in [6.07, 6.45) is 0. The summed E-state index contributed by atoms with van der Waals surface area (Å²) in [4.78, 5) is 12.5. The summed E-state index contributed by atoms with van der Waals surface area (Å²) in [6.45, 7) is 6.48. The Morgan fingerprint density at radius 3 is 2.68 bits per heavy atom. The van der Waals surface area contributed by atoms with Gasteiger partial charge in [0, 0.05) is 18.0 Å². The van der Waals surface area contributed by atoms with E-state index in [4.69, 9.17) is 0 Å². The van der Waals surface area contributed by atoms with Gasteiger partial charge in [-0.25, -0.2) is 9.89 Å². The van der Waals surface area contributed by atoms with E-state index in [1.165, 1.54) is 17.3 Å². The van der Waals surface area contributed by atoms with Gasteiger partial charge in [-0.05, 0) is 42.9 Å². The molecule has 0 aliphatic rings. The van der Waals surface area contributed by atoms with Gasteiger partial charge >= 0.3 is 5.69 Å². The molecule has 0 spiro atoms. The highest BCUT2D eigenvalue weighted by Crippen LogP contribution is 2.25. The van der Waals surface area contributed by atoms with E-state index in [0.717, 1.165) is 18.0 Å². The second-order valence-electron chi connectivity index (χ2n) is 4.08. The van der Waals surface area contributed by atoms with E-state index in [1.807, 2.05) is 6.92 Å². The lowest BCUT2D eigenvalue weighted by Crippen LogP contribution is -2.16. The van der Waals surface area contributed by atoms with Crippen molar-refractivity contribution in [3.05, 3.63) is 40.3 Å². The normalized spacial score (nSPS) is 10.8. The number of benzene rings is 1. The second kappa shape index (κ2) is 6.58. The zero-order valence-electron chi connectivity index (χ0n) is 11.1. The van der Waals surface area contributed by atoms with Gasteiger partial charge < -0.3 is 5.32 Å². The monoisotopic (exact) mass is 278 g/mol. The minimum atomic E-state index is -0.159. The van der Waals surface area contributed by atoms with E-state index < -0.39 is 0 Å². The topological polar surface area (TPSA) is 62.7 Å². The first-order valence-electron chi connectivity index (χ1n) is 6.37. The SMILES string of the molecule is CCNCc1ccc(Sc2n[nH]c(=O)n2CC)cc1. The van der Waals surface area contributed by atoms with Crippen molar-refractivity contribution in [3.63, 3.8) is 0 Å². The van der Waals surface area contributed by atoms with Crippen molar-refractivity contribution in [1.82, 2.24) is 20.1 Å². The molecule has 102 valence electrons. The van der Waals surface area contributed by atoms with Crippen LogP contribution in [0.1, 0.15) is 19.4 Å². The van der Waals surface area contributed by atoms with Gasteiger partial charge in [-0.2, -0.15) is 0 Å². The first-order valence-corrected chi connectivity index (χ1v) is 7.19. The first-order chi connectivity index (χ1) is 9.24. The van der Waals surface area contributed by atoms with Crippen LogP contribution < -0.4 is 11.0 Å². The molecule has 0 aliphatic carbocycles. The number of hydrogen-bond acceptors (Lipinski definition) is 4. The molecule has 0 saturated heterocycles. The van der Waals surface area contributed by atoms with Gasteiger partial charge in [-0.1, -0.05) is 19.1 Å². The van der Waals surface area contributed by atoms with Gasteiger partial charge in [0.05, 0.1) is 0 Å². The molecule has 2 N–H and O–H groups in total. The molecular formula is C13H18N4OS. The third-order valence-electron chi connectivity index (χ3n) is 2.75. The zero-order valence-corrected chi connectivity index (χ0v) is 12.0. The number of hydrogen-bond donors (Lipinski definition) is 2. The lowest BCUT2D eigenvalue weighted by atomic mass is 10.2. The Morgan fingerprint density at radius 2 is 2.05 bits per heavy atom. The van der Waals surface area contributed by atoms with E-state index in [-0.39, 0.29) is 5.69 Å². The fraction of sp³-hybridized carbons (Fsp3) is 0.385. The minimum Gasteiger partial charge on any atom is -0.313 e. The Kier molecular flexibility index (Phi) is 4.81. The van der Waals surface area contributed by atoms with E-state index >= 15 is 0 Å². The highest BCUT2D eigenvalue weighted by Gasteiger charge is 2.08. The predicted molar refractivity (Wildman–Crippen MR) is 76.5 cm³/mol. The molecule has 6 heteroatoms. The molecule has 2 aromatic rings. The number of rotatable bonds is 6. The number of H-pyrrole nitrogens is 1. The maximum absolute atomic E-state index is 11.5. The van der Waals surface area contributed by atoms with Crippen LogP contribution in [0.5, 0.6) is 0 Å². The van der Waals surface area contributed by atoms with Crippen LogP contribution in [-0.4, -0.2) is 21.3 Å². The molecular weight excluding hydrogens is 260 g/mol. The number of nitrogens with one attached hydrogen (secondary N) is 2. The average Bonchev–Trinajstić information content (AvgIpc) is 2.78. The molecule has 1 aromatic carbocycles. The number of nitrogens with zero attached hydrogens (tertiary/aromatic N) is 2. The molecule has 0 fully saturated rings. The first kappa shape index (κ1) is 13.9. The van der Waals surface area contributed by atoms with Crippen LogP contribution in [0.15, 0.2) is 39.1 Å². The minimum absolute atomic E-state index is 0.159. The summed E-state index contributed by atoms with van der Waals surface area (Å²) in [5, 5.41) is 10.5. The smallest absolute Gasteiger partial charge is 0.313 e. The standard InChI is InChI=1S/C13H18N4OS/c1-3-14-9-10-5-7-11(8-6-10)19-13-16-15-12(18)17(13)4-2/h5-8,14H,3-4,9H2,1-2H3,(H,15,18). The van der Waals surface area contributed by atoms with Crippen molar-refractivity contribution in [3.8, 4) is 0 Å². The van der Waals surface area contributed by atoms with E-state index in [2.05, 4.69) is 46.7 Å². The summed E-state index contributed by atoms with van der Waals surface area (Å²) in [5.41, 5.74) is 1.09. The third-order valence-corrected chi connectivity index (χ3v) is 3.75. The van der Waals surface area contributed by atoms with Crippen molar-refractivity contribution in [2.75, 3.05) is 6.54 Å². The summed E-state index contributed by atoms with van der Waals surface area (Å²) >= 11 is 1.49. The second-order valence-corrected chi connectivity index (χ2v) is 5.12. The van der Waals surface area contributed by atoms with Crippen molar-refractivity contribution < 1.29 is 0 Å². The maximum Gasteiger partial charge on any atom is 0.343 e. The largest absolute Gasteiger partial charge is 0.343 e. The van der Waals surface area contributed by atoms with Gasteiger partial charge in [0.25, 0.3) is 0 Å². The summed E-state index contributed by atoms with van der Waals surface area (Å²) < 4.78 is 1.62. The molecule has 2 rings (SSSR count).